The van der Waals surface area contributed by atoms with Crippen molar-refractivity contribution in [1.82, 2.24) is 4.98 Å². The zero-order valence-corrected chi connectivity index (χ0v) is 13.3. The van der Waals surface area contributed by atoms with E-state index in [2.05, 4.69) is 4.98 Å². The standard InChI is InChI=1S/C19H17F3N2O/c20-19(21,22)14-11-13-5-1-2-6-15(13)18(12-14)25-17(8-9-23)16-7-3-4-10-24-16/h1-7,10-12,17H,8-9,23H2. The lowest BCUT2D eigenvalue weighted by Crippen LogP contribution is -2.15. The molecular weight excluding hydrogens is 329 g/mol. The number of pyridine rings is 1. The summed E-state index contributed by atoms with van der Waals surface area (Å²) in [4.78, 5) is 4.24. The van der Waals surface area contributed by atoms with Crippen LogP contribution in [0.15, 0.2) is 60.8 Å². The molecule has 0 saturated carbocycles. The molecule has 1 atom stereocenters. The molecule has 0 saturated heterocycles. The van der Waals surface area contributed by atoms with E-state index < -0.39 is 17.8 Å². The van der Waals surface area contributed by atoms with E-state index in [-0.39, 0.29) is 5.75 Å². The minimum atomic E-state index is -4.45. The van der Waals surface area contributed by atoms with Crippen LogP contribution < -0.4 is 10.5 Å². The molecule has 0 aliphatic heterocycles. The quantitative estimate of drug-likeness (QED) is 0.727. The summed E-state index contributed by atoms with van der Waals surface area (Å²) in [7, 11) is 0. The molecule has 3 aromatic rings. The monoisotopic (exact) mass is 346 g/mol. The Morgan fingerprint density at radius 2 is 1.80 bits per heavy atom. The Morgan fingerprint density at radius 1 is 1.04 bits per heavy atom. The van der Waals surface area contributed by atoms with Gasteiger partial charge in [-0.15, -0.1) is 0 Å². The highest BCUT2D eigenvalue weighted by Gasteiger charge is 2.32. The topological polar surface area (TPSA) is 48.1 Å². The number of hydrogen-bond acceptors (Lipinski definition) is 3. The van der Waals surface area contributed by atoms with Crippen molar-refractivity contribution in [2.75, 3.05) is 6.54 Å². The van der Waals surface area contributed by atoms with Gasteiger partial charge >= 0.3 is 6.18 Å². The normalized spacial score (nSPS) is 13.0. The first-order valence-electron chi connectivity index (χ1n) is 7.86. The summed E-state index contributed by atoms with van der Waals surface area (Å²) in [5.41, 5.74) is 5.54. The van der Waals surface area contributed by atoms with Gasteiger partial charge in [-0.05, 0) is 36.2 Å². The average molecular weight is 346 g/mol. The second-order valence-electron chi connectivity index (χ2n) is 5.63. The van der Waals surface area contributed by atoms with Crippen LogP contribution in [-0.4, -0.2) is 11.5 Å². The Morgan fingerprint density at radius 3 is 2.48 bits per heavy atom. The number of alkyl halides is 3. The maximum absolute atomic E-state index is 13.2. The maximum Gasteiger partial charge on any atom is 0.416 e. The molecule has 3 rings (SSSR count). The van der Waals surface area contributed by atoms with Gasteiger partial charge in [0.05, 0.1) is 11.3 Å². The van der Waals surface area contributed by atoms with Gasteiger partial charge in [-0.3, -0.25) is 4.98 Å². The summed E-state index contributed by atoms with van der Waals surface area (Å²) in [6, 6.07) is 14.3. The highest BCUT2D eigenvalue weighted by molar-refractivity contribution is 5.89. The van der Waals surface area contributed by atoms with Crippen molar-refractivity contribution >= 4 is 10.8 Å². The smallest absolute Gasteiger partial charge is 0.416 e. The molecule has 25 heavy (non-hydrogen) atoms. The number of rotatable bonds is 5. The highest BCUT2D eigenvalue weighted by atomic mass is 19.4. The molecule has 0 amide bonds. The van der Waals surface area contributed by atoms with E-state index in [1.807, 2.05) is 0 Å². The van der Waals surface area contributed by atoms with Crippen LogP contribution in [0.3, 0.4) is 0 Å². The van der Waals surface area contributed by atoms with Crippen molar-refractivity contribution in [3.05, 3.63) is 72.1 Å². The fourth-order valence-electron chi connectivity index (χ4n) is 2.67. The number of halogens is 3. The van der Waals surface area contributed by atoms with Gasteiger partial charge in [0, 0.05) is 18.0 Å². The molecule has 0 aliphatic carbocycles. The van der Waals surface area contributed by atoms with E-state index in [0.717, 1.165) is 12.1 Å². The second-order valence-corrected chi connectivity index (χ2v) is 5.63. The van der Waals surface area contributed by atoms with Crippen LogP contribution >= 0.6 is 0 Å². The number of fused-ring (bicyclic) bond motifs is 1. The number of nitrogens with zero attached hydrogens (tertiary/aromatic N) is 1. The number of ether oxygens (including phenoxy) is 1. The molecular formula is C19H17F3N2O. The Bertz CT molecular complexity index is 850. The lowest BCUT2D eigenvalue weighted by molar-refractivity contribution is -0.137. The number of aromatic nitrogens is 1. The first-order chi connectivity index (χ1) is 12.0. The number of hydrogen-bond donors (Lipinski definition) is 1. The van der Waals surface area contributed by atoms with Crippen molar-refractivity contribution in [2.45, 2.75) is 18.7 Å². The molecule has 2 aromatic carbocycles. The van der Waals surface area contributed by atoms with Crippen LogP contribution in [0.2, 0.25) is 0 Å². The van der Waals surface area contributed by atoms with Gasteiger partial charge in [0.25, 0.3) is 0 Å². The van der Waals surface area contributed by atoms with E-state index >= 15 is 0 Å². The van der Waals surface area contributed by atoms with Crippen LogP contribution in [0.5, 0.6) is 5.75 Å². The van der Waals surface area contributed by atoms with Crippen LogP contribution in [-0.2, 0) is 6.18 Å². The third-order valence-corrected chi connectivity index (χ3v) is 3.87. The highest BCUT2D eigenvalue weighted by Crippen LogP contribution is 2.38. The summed E-state index contributed by atoms with van der Waals surface area (Å²) in [6.45, 7) is 0.331. The van der Waals surface area contributed by atoms with Gasteiger partial charge in [0.1, 0.15) is 11.9 Å². The predicted octanol–water partition coefficient (Wildman–Crippen LogP) is 4.72. The molecule has 3 nitrogen and oxygen atoms in total. The molecule has 0 fully saturated rings. The van der Waals surface area contributed by atoms with Crippen LogP contribution in [0.1, 0.15) is 23.8 Å². The van der Waals surface area contributed by atoms with Crippen LogP contribution in [0, 0.1) is 0 Å². The van der Waals surface area contributed by atoms with Crippen molar-refractivity contribution in [1.29, 1.82) is 0 Å². The summed E-state index contributed by atoms with van der Waals surface area (Å²) in [6.07, 6.45) is -2.90. The maximum atomic E-state index is 13.2. The zero-order valence-electron chi connectivity index (χ0n) is 13.3. The van der Waals surface area contributed by atoms with Gasteiger partial charge in [-0.2, -0.15) is 13.2 Å². The third kappa shape index (κ3) is 3.91. The molecule has 130 valence electrons. The molecule has 1 heterocycles. The SMILES string of the molecule is NCCC(Oc1cc(C(F)(F)F)cc2ccccc12)c1ccccn1. The summed E-state index contributed by atoms with van der Waals surface area (Å²) in [5, 5.41) is 1.09. The van der Waals surface area contributed by atoms with Crippen molar-refractivity contribution in [3.8, 4) is 5.75 Å². The number of nitrogens with two attached hydrogens (primary N) is 1. The zero-order chi connectivity index (χ0) is 17.9. The first-order valence-corrected chi connectivity index (χ1v) is 7.86. The summed E-state index contributed by atoms with van der Waals surface area (Å²) >= 11 is 0. The second kappa shape index (κ2) is 7.11. The Labute approximate surface area is 143 Å². The molecule has 0 bridgehead atoms. The Hall–Kier alpha value is -2.60. The van der Waals surface area contributed by atoms with Crippen molar-refractivity contribution in [3.63, 3.8) is 0 Å². The van der Waals surface area contributed by atoms with E-state index in [9.17, 15) is 13.2 Å². The molecule has 0 radical (unpaired) electrons. The molecule has 6 heteroatoms. The lowest BCUT2D eigenvalue weighted by atomic mass is 10.0. The van der Waals surface area contributed by atoms with Gasteiger partial charge in [0.15, 0.2) is 0 Å². The van der Waals surface area contributed by atoms with Crippen molar-refractivity contribution in [2.24, 2.45) is 5.73 Å². The molecule has 0 aliphatic rings. The fourth-order valence-corrected chi connectivity index (χ4v) is 2.67. The first kappa shape index (κ1) is 17.2. The van der Waals surface area contributed by atoms with Gasteiger partial charge in [-0.25, -0.2) is 0 Å². The van der Waals surface area contributed by atoms with Gasteiger partial charge in [0.2, 0.25) is 0 Å². The van der Waals surface area contributed by atoms with Gasteiger partial charge in [-0.1, -0.05) is 30.3 Å². The van der Waals surface area contributed by atoms with Crippen LogP contribution in [0.25, 0.3) is 10.8 Å². The van der Waals surface area contributed by atoms with E-state index in [1.54, 1.807) is 48.7 Å². The van der Waals surface area contributed by atoms with Crippen LogP contribution in [0.4, 0.5) is 13.2 Å². The molecule has 0 spiro atoms. The summed E-state index contributed by atoms with van der Waals surface area (Å²) in [5.74, 6) is 0.175. The van der Waals surface area contributed by atoms with E-state index in [1.165, 1.54) is 0 Å². The Kier molecular flexibility index (Phi) is 4.90. The fraction of sp³-hybridized carbons (Fsp3) is 0.211. The van der Waals surface area contributed by atoms with Gasteiger partial charge < -0.3 is 10.5 Å². The number of benzene rings is 2. The molecule has 1 unspecified atom stereocenters. The average Bonchev–Trinajstić information content (AvgIpc) is 2.61. The minimum Gasteiger partial charge on any atom is -0.483 e. The minimum absolute atomic E-state index is 0.175. The summed E-state index contributed by atoms with van der Waals surface area (Å²) < 4.78 is 45.6. The van der Waals surface area contributed by atoms with E-state index in [4.69, 9.17) is 10.5 Å². The van der Waals surface area contributed by atoms with Crippen molar-refractivity contribution < 1.29 is 17.9 Å². The third-order valence-electron chi connectivity index (χ3n) is 3.87. The molecule has 1 aromatic heterocycles. The Balaban J connectivity index is 2.06. The lowest BCUT2D eigenvalue weighted by Gasteiger charge is -2.20. The largest absolute Gasteiger partial charge is 0.483 e. The van der Waals surface area contributed by atoms with E-state index in [0.29, 0.717) is 29.4 Å². The molecule has 2 N–H and O–H groups in total. The predicted molar refractivity (Wildman–Crippen MR) is 90.2 cm³/mol.